The van der Waals surface area contributed by atoms with E-state index >= 15 is 0 Å². The monoisotopic (exact) mass is 278 g/mol. The number of methoxy groups -OCH3 is 1. The maximum atomic E-state index is 10.9. The van der Waals surface area contributed by atoms with Gasteiger partial charge in [0, 0.05) is 25.0 Å². The Kier molecular flexibility index (Phi) is 5.82. The van der Waals surface area contributed by atoms with E-state index in [4.69, 9.17) is 0 Å². The summed E-state index contributed by atoms with van der Waals surface area (Å²) >= 11 is 0. The fourth-order valence-corrected chi connectivity index (χ4v) is 1.56. The quantitative estimate of drug-likeness (QED) is 0.638. The van der Waals surface area contributed by atoms with Crippen LogP contribution in [0.5, 0.6) is 0 Å². The molecular weight excluding hydrogens is 264 g/mol. The van der Waals surface area contributed by atoms with Crippen LogP contribution in [0.3, 0.4) is 0 Å². The SMILES string of the molecule is COC(=O)/C=C/c1ccc(Cn2ccnc2)cc1.Cl. The number of hydrogen-bond donors (Lipinski definition) is 0. The maximum Gasteiger partial charge on any atom is 0.330 e. The van der Waals surface area contributed by atoms with Crippen molar-refractivity contribution in [3.63, 3.8) is 0 Å². The number of nitrogens with zero attached hydrogens (tertiary/aromatic N) is 2. The van der Waals surface area contributed by atoms with Crippen LogP contribution >= 0.6 is 12.4 Å². The third-order valence-corrected chi connectivity index (χ3v) is 2.52. The predicted molar refractivity (Wildman–Crippen MR) is 76.1 cm³/mol. The second-order valence-electron chi connectivity index (χ2n) is 3.83. The second-order valence-corrected chi connectivity index (χ2v) is 3.83. The maximum absolute atomic E-state index is 10.9. The molecule has 0 saturated carbocycles. The van der Waals surface area contributed by atoms with E-state index in [0.717, 1.165) is 12.1 Å². The van der Waals surface area contributed by atoms with Crippen molar-refractivity contribution in [3.05, 3.63) is 60.2 Å². The Hall–Kier alpha value is -2.07. The minimum Gasteiger partial charge on any atom is -0.466 e. The summed E-state index contributed by atoms with van der Waals surface area (Å²) in [5.74, 6) is -0.350. The lowest BCUT2D eigenvalue weighted by molar-refractivity contribution is -0.134. The first-order valence-electron chi connectivity index (χ1n) is 5.58. The number of carbonyl (C=O) groups is 1. The van der Waals surface area contributed by atoms with E-state index < -0.39 is 0 Å². The fourth-order valence-electron chi connectivity index (χ4n) is 1.56. The van der Waals surface area contributed by atoms with Crippen molar-refractivity contribution in [2.45, 2.75) is 6.54 Å². The predicted octanol–water partition coefficient (Wildman–Crippen LogP) is 2.54. The van der Waals surface area contributed by atoms with Gasteiger partial charge in [0.2, 0.25) is 0 Å². The molecule has 0 atom stereocenters. The number of carbonyl (C=O) groups excluding carboxylic acids is 1. The highest BCUT2D eigenvalue weighted by molar-refractivity contribution is 5.86. The molecule has 1 aromatic heterocycles. The van der Waals surface area contributed by atoms with Crippen LogP contribution < -0.4 is 0 Å². The molecule has 2 aromatic rings. The van der Waals surface area contributed by atoms with Gasteiger partial charge >= 0.3 is 5.97 Å². The number of imidazole rings is 1. The lowest BCUT2D eigenvalue weighted by Crippen LogP contribution is -1.96. The summed E-state index contributed by atoms with van der Waals surface area (Å²) < 4.78 is 6.53. The summed E-state index contributed by atoms with van der Waals surface area (Å²) in [6, 6.07) is 7.98. The third kappa shape index (κ3) is 4.60. The highest BCUT2D eigenvalue weighted by Gasteiger charge is 1.95. The summed E-state index contributed by atoms with van der Waals surface area (Å²) in [7, 11) is 1.36. The highest BCUT2D eigenvalue weighted by atomic mass is 35.5. The normalized spacial score (nSPS) is 10.2. The van der Waals surface area contributed by atoms with E-state index in [-0.39, 0.29) is 18.4 Å². The first kappa shape index (κ1) is 15.0. The van der Waals surface area contributed by atoms with E-state index in [1.54, 1.807) is 18.6 Å². The number of ether oxygens (including phenoxy) is 1. The standard InChI is InChI=1S/C14H14N2O2.ClH/c1-18-14(17)7-6-12-2-4-13(5-3-12)10-16-9-8-15-11-16;/h2-9,11H,10H2,1H3;1H/b7-6+;. The van der Waals surface area contributed by atoms with Gasteiger partial charge < -0.3 is 9.30 Å². The van der Waals surface area contributed by atoms with Gasteiger partial charge in [-0.3, -0.25) is 0 Å². The number of esters is 1. The molecule has 0 radical (unpaired) electrons. The van der Waals surface area contributed by atoms with E-state index in [0.29, 0.717) is 0 Å². The van der Waals surface area contributed by atoms with Gasteiger partial charge in [-0.1, -0.05) is 24.3 Å². The molecule has 19 heavy (non-hydrogen) atoms. The van der Waals surface area contributed by atoms with E-state index in [2.05, 4.69) is 9.72 Å². The number of rotatable bonds is 4. The number of benzene rings is 1. The molecule has 0 saturated heterocycles. The molecule has 5 heteroatoms. The largest absolute Gasteiger partial charge is 0.466 e. The van der Waals surface area contributed by atoms with E-state index in [9.17, 15) is 4.79 Å². The summed E-state index contributed by atoms with van der Waals surface area (Å²) in [6.07, 6.45) is 8.60. The molecule has 0 spiro atoms. The molecule has 0 amide bonds. The van der Waals surface area contributed by atoms with Gasteiger partial charge in [-0.2, -0.15) is 0 Å². The molecule has 0 bridgehead atoms. The van der Waals surface area contributed by atoms with Gasteiger partial charge in [0.25, 0.3) is 0 Å². The van der Waals surface area contributed by atoms with Crippen LogP contribution in [0.15, 0.2) is 49.1 Å². The van der Waals surface area contributed by atoms with Crippen molar-refractivity contribution < 1.29 is 9.53 Å². The van der Waals surface area contributed by atoms with Crippen molar-refractivity contribution in [3.8, 4) is 0 Å². The molecule has 0 fully saturated rings. The zero-order valence-electron chi connectivity index (χ0n) is 10.5. The zero-order valence-corrected chi connectivity index (χ0v) is 11.3. The summed E-state index contributed by atoms with van der Waals surface area (Å²) in [6.45, 7) is 0.793. The number of halogens is 1. The Morgan fingerprint density at radius 1 is 1.37 bits per heavy atom. The first-order valence-corrected chi connectivity index (χ1v) is 5.58. The lowest BCUT2D eigenvalue weighted by Gasteiger charge is -2.02. The molecule has 0 aliphatic heterocycles. The molecule has 2 rings (SSSR count). The van der Waals surface area contributed by atoms with Gasteiger partial charge in [0.15, 0.2) is 0 Å². The van der Waals surface area contributed by atoms with Crippen LogP contribution in [0, 0.1) is 0 Å². The summed E-state index contributed by atoms with van der Waals surface area (Å²) in [5, 5.41) is 0. The van der Waals surface area contributed by atoms with Gasteiger partial charge in [0.1, 0.15) is 0 Å². The Morgan fingerprint density at radius 3 is 2.68 bits per heavy atom. The highest BCUT2D eigenvalue weighted by Crippen LogP contribution is 2.08. The topological polar surface area (TPSA) is 44.1 Å². The van der Waals surface area contributed by atoms with E-state index in [1.165, 1.54) is 18.7 Å². The van der Waals surface area contributed by atoms with Crippen LogP contribution in [0.1, 0.15) is 11.1 Å². The van der Waals surface area contributed by atoms with Gasteiger partial charge in [0.05, 0.1) is 13.4 Å². The average Bonchev–Trinajstić information content (AvgIpc) is 2.90. The minimum atomic E-state index is -0.350. The van der Waals surface area contributed by atoms with Crippen LogP contribution in [-0.4, -0.2) is 22.6 Å². The van der Waals surface area contributed by atoms with Crippen molar-refractivity contribution in [2.75, 3.05) is 7.11 Å². The van der Waals surface area contributed by atoms with Gasteiger partial charge in [-0.05, 0) is 17.2 Å². The Labute approximate surface area is 118 Å². The van der Waals surface area contributed by atoms with Gasteiger partial charge in [-0.15, -0.1) is 12.4 Å². The molecule has 4 nitrogen and oxygen atoms in total. The van der Waals surface area contributed by atoms with E-state index in [1.807, 2.05) is 35.0 Å². The van der Waals surface area contributed by atoms with Crippen LogP contribution in [0.4, 0.5) is 0 Å². The first-order chi connectivity index (χ1) is 8.78. The molecular formula is C14H15ClN2O2. The molecule has 100 valence electrons. The zero-order chi connectivity index (χ0) is 12.8. The van der Waals surface area contributed by atoms with Crippen LogP contribution in [-0.2, 0) is 16.1 Å². The van der Waals surface area contributed by atoms with Crippen molar-refractivity contribution in [2.24, 2.45) is 0 Å². The van der Waals surface area contributed by atoms with Crippen LogP contribution in [0.25, 0.3) is 6.08 Å². The molecule has 0 unspecified atom stereocenters. The van der Waals surface area contributed by atoms with Crippen molar-refractivity contribution in [1.82, 2.24) is 9.55 Å². The summed E-state index contributed by atoms with van der Waals surface area (Å²) in [4.78, 5) is 14.9. The summed E-state index contributed by atoms with van der Waals surface area (Å²) in [5.41, 5.74) is 2.15. The number of aromatic nitrogens is 2. The molecule has 1 aromatic carbocycles. The van der Waals surface area contributed by atoms with Gasteiger partial charge in [-0.25, -0.2) is 9.78 Å². The Morgan fingerprint density at radius 2 is 2.11 bits per heavy atom. The minimum absolute atomic E-state index is 0. The van der Waals surface area contributed by atoms with Crippen LogP contribution in [0.2, 0.25) is 0 Å². The third-order valence-electron chi connectivity index (χ3n) is 2.52. The Bertz CT molecular complexity index is 533. The number of hydrogen-bond acceptors (Lipinski definition) is 3. The fraction of sp³-hybridized carbons (Fsp3) is 0.143. The molecule has 0 aliphatic rings. The lowest BCUT2D eigenvalue weighted by atomic mass is 10.1. The molecule has 0 aliphatic carbocycles. The van der Waals surface area contributed by atoms with Crippen molar-refractivity contribution >= 4 is 24.5 Å². The molecule has 1 heterocycles. The second kappa shape index (κ2) is 7.38. The Balaban J connectivity index is 0.00000180. The average molecular weight is 279 g/mol. The van der Waals surface area contributed by atoms with Crippen molar-refractivity contribution in [1.29, 1.82) is 0 Å². The smallest absolute Gasteiger partial charge is 0.330 e. The molecule has 0 N–H and O–H groups in total.